The summed E-state index contributed by atoms with van der Waals surface area (Å²) in [6.45, 7) is 3.64. The van der Waals surface area contributed by atoms with Crippen LogP contribution in [-0.2, 0) is 19.6 Å². The number of carbonyl (C=O) groups is 1. The topological polar surface area (TPSA) is 125 Å². The van der Waals surface area contributed by atoms with Crippen molar-refractivity contribution >= 4 is 33.4 Å². The first-order valence-corrected chi connectivity index (χ1v) is 17.3. The van der Waals surface area contributed by atoms with Gasteiger partial charge in [-0.25, -0.2) is 27.2 Å². The predicted octanol–water partition coefficient (Wildman–Crippen LogP) is 3.91. The first-order chi connectivity index (χ1) is 23.0. The van der Waals surface area contributed by atoms with E-state index in [1.54, 1.807) is 68.1 Å². The van der Waals surface area contributed by atoms with Crippen molar-refractivity contribution in [1.82, 2.24) is 18.7 Å². The predicted molar refractivity (Wildman–Crippen MR) is 183 cm³/mol. The van der Waals surface area contributed by atoms with Gasteiger partial charge in [0.1, 0.15) is 5.75 Å². The number of ether oxygens (including phenoxy) is 2. The van der Waals surface area contributed by atoms with Gasteiger partial charge < -0.3 is 9.47 Å². The van der Waals surface area contributed by atoms with E-state index in [9.17, 15) is 18.0 Å². The molecule has 1 unspecified atom stereocenters. The van der Waals surface area contributed by atoms with Crippen molar-refractivity contribution in [3.63, 3.8) is 0 Å². The molecule has 0 radical (unpaired) electrons. The number of esters is 1. The molecule has 0 fully saturated rings. The highest BCUT2D eigenvalue weighted by Gasteiger charge is 2.33. The summed E-state index contributed by atoms with van der Waals surface area (Å²) >= 11 is 1.21. The van der Waals surface area contributed by atoms with Gasteiger partial charge in [0, 0.05) is 31.4 Å². The molecule has 0 saturated heterocycles. The summed E-state index contributed by atoms with van der Waals surface area (Å²) in [4.78, 5) is 32.8. The lowest BCUT2D eigenvalue weighted by atomic mass is 9.96. The van der Waals surface area contributed by atoms with Crippen LogP contribution >= 0.6 is 11.3 Å². The molecule has 1 atom stereocenters. The Morgan fingerprint density at radius 1 is 1.02 bits per heavy atom. The van der Waals surface area contributed by atoms with Gasteiger partial charge in [-0.05, 0) is 61.9 Å². The average molecular weight is 684 g/mol. The lowest BCUT2D eigenvalue weighted by Gasteiger charge is -2.24. The van der Waals surface area contributed by atoms with Crippen LogP contribution in [0.2, 0.25) is 0 Å². The molecule has 1 aliphatic rings. The Morgan fingerprint density at radius 3 is 2.33 bits per heavy atom. The molecular formula is C35H33N5O6S2. The van der Waals surface area contributed by atoms with Crippen LogP contribution in [0.25, 0.3) is 23.0 Å². The van der Waals surface area contributed by atoms with E-state index in [1.807, 2.05) is 48.7 Å². The highest BCUT2D eigenvalue weighted by atomic mass is 32.2. The summed E-state index contributed by atoms with van der Waals surface area (Å²) in [5, 5.41) is 4.85. The SMILES string of the molecule is CCOC(=O)C1=C(C)N=c2s/c(=C\c3cn(-c4ccccc4)nc3-c3ccc(S(=O)(=O)N(C)C)cc3)c(=O)n2C1c1ccc(OC)cc1. The molecule has 246 valence electrons. The fourth-order valence-corrected chi connectivity index (χ4v) is 7.40. The van der Waals surface area contributed by atoms with Gasteiger partial charge in [-0.3, -0.25) is 9.36 Å². The maximum atomic E-state index is 14.3. The van der Waals surface area contributed by atoms with Crippen molar-refractivity contribution in [2.24, 2.45) is 4.99 Å². The van der Waals surface area contributed by atoms with Gasteiger partial charge >= 0.3 is 5.97 Å². The van der Waals surface area contributed by atoms with Crippen LogP contribution in [0.3, 0.4) is 0 Å². The summed E-state index contributed by atoms with van der Waals surface area (Å²) in [7, 11) is 0.905. The van der Waals surface area contributed by atoms with Crippen LogP contribution in [0.15, 0.2) is 111 Å². The number of rotatable bonds is 9. The zero-order valence-corrected chi connectivity index (χ0v) is 28.6. The number of thiazole rings is 1. The molecule has 3 heterocycles. The van der Waals surface area contributed by atoms with Crippen molar-refractivity contribution in [2.75, 3.05) is 27.8 Å². The second-order valence-electron chi connectivity index (χ2n) is 11.1. The van der Waals surface area contributed by atoms with E-state index >= 15 is 0 Å². The average Bonchev–Trinajstić information content (AvgIpc) is 3.65. The number of hydrogen-bond donors (Lipinski definition) is 0. The number of methoxy groups -OCH3 is 1. The minimum Gasteiger partial charge on any atom is -0.497 e. The Hall–Kier alpha value is -5.11. The Morgan fingerprint density at radius 2 is 1.71 bits per heavy atom. The third-order valence-corrected chi connectivity index (χ3v) is 10.7. The Balaban J connectivity index is 1.53. The zero-order chi connectivity index (χ0) is 34.2. The first kappa shape index (κ1) is 32.8. The number of carbonyl (C=O) groups excluding carboxylic acids is 1. The number of nitrogens with zero attached hydrogens (tertiary/aromatic N) is 5. The molecule has 11 nitrogen and oxygen atoms in total. The minimum atomic E-state index is -3.63. The standard InChI is InChI=1S/C35H33N5O6S2/c1-6-46-34(42)30-22(2)36-35-40(32(30)24-12-16-27(45-5)17-13-24)33(41)29(47-35)20-25-21-39(26-10-8-7-9-11-26)37-31(25)23-14-18-28(19-15-23)48(43,44)38(3)4/h7-21,32H,6H2,1-5H3/b29-20-. The smallest absolute Gasteiger partial charge is 0.338 e. The molecule has 13 heteroatoms. The van der Waals surface area contributed by atoms with Crippen molar-refractivity contribution in [3.05, 3.63) is 127 Å². The van der Waals surface area contributed by atoms with Crippen molar-refractivity contribution in [3.8, 4) is 22.7 Å². The molecule has 3 aromatic carbocycles. The molecular weight excluding hydrogens is 651 g/mol. The second kappa shape index (κ2) is 13.2. The van der Waals surface area contributed by atoms with Crippen LogP contribution < -0.4 is 19.6 Å². The largest absolute Gasteiger partial charge is 0.497 e. The number of para-hydroxylation sites is 1. The van der Waals surface area contributed by atoms with Crippen molar-refractivity contribution in [2.45, 2.75) is 24.8 Å². The molecule has 2 aromatic heterocycles. The maximum absolute atomic E-state index is 14.3. The third kappa shape index (κ3) is 6.03. The molecule has 0 aliphatic carbocycles. The first-order valence-electron chi connectivity index (χ1n) is 15.0. The van der Waals surface area contributed by atoms with Crippen molar-refractivity contribution in [1.29, 1.82) is 0 Å². The van der Waals surface area contributed by atoms with Gasteiger partial charge in [-0.2, -0.15) is 5.10 Å². The van der Waals surface area contributed by atoms with Gasteiger partial charge in [0.25, 0.3) is 5.56 Å². The quantitative estimate of drug-likeness (QED) is 0.216. The molecule has 48 heavy (non-hydrogen) atoms. The summed E-state index contributed by atoms with van der Waals surface area (Å²) in [6.07, 6.45) is 3.58. The lowest BCUT2D eigenvalue weighted by Crippen LogP contribution is -2.39. The number of sulfonamides is 1. The molecule has 0 bridgehead atoms. The molecule has 5 aromatic rings. The van der Waals surface area contributed by atoms with E-state index < -0.39 is 22.0 Å². The minimum absolute atomic E-state index is 0.153. The molecule has 0 amide bonds. The molecule has 1 aliphatic heterocycles. The fourth-order valence-electron chi connectivity index (χ4n) is 5.46. The van der Waals surface area contributed by atoms with E-state index in [1.165, 1.54) is 30.0 Å². The number of allylic oxidation sites excluding steroid dienone is 1. The van der Waals surface area contributed by atoms with Crippen LogP contribution in [0.4, 0.5) is 0 Å². The van der Waals surface area contributed by atoms with Gasteiger partial charge in [0.05, 0.1) is 51.8 Å². The Kier molecular flexibility index (Phi) is 9.01. The van der Waals surface area contributed by atoms with Crippen LogP contribution in [0.5, 0.6) is 5.75 Å². The van der Waals surface area contributed by atoms with E-state index in [2.05, 4.69) is 4.99 Å². The number of benzene rings is 3. The normalized spacial score (nSPS) is 15.0. The number of aromatic nitrogens is 3. The molecule has 6 rings (SSSR count). The fraction of sp³-hybridized carbons (Fsp3) is 0.200. The molecule has 0 saturated carbocycles. The summed E-state index contributed by atoms with van der Waals surface area (Å²) in [5.74, 6) is 0.0971. The Labute approximate surface area is 281 Å². The Bertz CT molecular complexity index is 2320. The number of fused-ring (bicyclic) bond motifs is 1. The van der Waals surface area contributed by atoms with E-state index in [-0.39, 0.29) is 22.6 Å². The molecule has 0 N–H and O–H groups in total. The number of hydrogen-bond acceptors (Lipinski definition) is 9. The molecule has 0 spiro atoms. The summed E-state index contributed by atoms with van der Waals surface area (Å²) < 4.78 is 40.9. The second-order valence-corrected chi connectivity index (χ2v) is 14.3. The van der Waals surface area contributed by atoms with E-state index in [0.717, 1.165) is 9.99 Å². The van der Waals surface area contributed by atoms with Crippen molar-refractivity contribution < 1.29 is 22.7 Å². The summed E-state index contributed by atoms with van der Waals surface area (Å²) in [6, 6.07) is 22.4. The zero-order valence-electron chi connectivity index (χ0n) is 26.9. The van der Waals surface area contributed by atoms with E-state index in [0.29, 0.717) is 43.2 Å². The van der Waals surface area contributed by atoms with Gasteiger partial charge in [0.2, 0.25) is 10.0 Å². The monoisotopic (exact) mass is 683 g/mol. The van der Waals surface area contributed by atoms with Gasteiger partial charge in [-0.15, -0.1) is 0 Å². The van der Waals surface area contributed by atoms with Crippen LogP contribution in [0.1, 0.15) is 31.0 Å². The highest BCUT2D eigenvalue weighted by Crippen LogP contribution is 2.32. The summed E-state index contributed by atoms with van der Waals surface area (Å²) in [5.41, 5.74) is 3.77. The van der Waals surface area contributed by atoms with Gasteiger partial charge in [-0.1, -0.05) is 53.8 Å². The third-order valence-electron chi connectivity index (χ3n) is 7.90. The maximum Gasteiger partial charge on any atom is 0.338 e. The van der Waals surface area contributed by atoms with E-state index in [4.69, 9.17) is 14.6 Å². The van der Waals surface area contributed by atoms with Gasteiger partial charge in [0.15, 0.2) is 4.80 Å². The lowest BCUT2D eigenvalue weighted by molar-refractivity contribution is -0.139. The van der Waals surface area contributed by atoms with Crippen LogP contribution in [-0.4, -0.2) is 60.9 Å². The van der Waals surface area contributed by atoms with Crippen LogP contribution in [0, 0.1) is 0 Å². The highest BCUT2D eigenvalue weighted by molar-refractivity contribution is 7.89.